The summed E-state index contributed by atoms with van der Waals surface area (Å²) in [5.41, 5.74) is 0.196. The van der Waals surface area contributed by atoms with Crippen molar-refractivity contribution in [3.05, 3.63) is 61.2 Å². The number of ether oxygens (including phenoxy) is 2. The zero-order valence-corrected chi connectivity index (χ0v) is 17.2. The summed E-state index contributed by atoms with van der Waals surface area (Å²) in [6, 6.07) is 9.40. The third-order valence-electron chi connectivity index (χ3n) is 3.63. The topological polar surface area (TPSA) is 59.1 Å². The summed E-state index contributed by atoms with van der Waals surface area (Å²) in [6.45, 7) is 13.5. The number of hydrogen-bond acceptors (Lipinski definition) is 4. The van der Waals surface area contributed by atoms with E-state index in [0.717, 1.165) is 5.56 Å². The molecule has 0 unspecified atom stereocenters. The Morgan fingerprint density at radius 2 is 1.57 bits per heavy atom. The highest BCUT2D eigenvalue weighted by atomic mass is 16.6. The zero-order valence-electron chi connectivity index (χ0n) is 17.2. The Bertz CT molecular complexity index is 638. The second-order valence-corrected chi connectivity index (χ2v) is 7.28. The minimum absolute atomic E-state index is 0.126. The molecule has 0 bridgehead atoms. The first-order chi connectivity index (χ1) is 13.3. The van der Waals surface area contributed by atoms with Crippen LogP contribution >= 0.6 is 0 Å². The van der Waals surface area contributed by atoms with Crippen LogP contribution in [0.1, 0.15) is 45.6 Å². The Labute approximate surface area is 168 Å². The summed E-state index contributed by atoms with van der Waals surface area (Å²) in [6.07, 6.45) is 4.16. The van der Waals surface area contributed by atoms with Crippen LogP contribution in [0.3, 0.4) is 0 Å². The van der Waals surface area contributed by atoms with Gasteiger partial charge in [-0.2, -0.15) is 0 Å². The summed E-state index contributed by atoms with van der Waals surface area (Å²) >= 11 is 0. The maximum atomic E-state index is 12.8. The lowest BCUT2D eigenvalue weighted by molar-refractivity contribution is -0.0478. The molecule has 0 saturated heterocycles. The summed E-state index contributed by atoms with van der Waals surface area (Å²) in [4.78, 5) is 25.5. The highest BCUT2D eigenvalue weighted by molar-refractivity contribution is 5.74. The third kappa shape index (κ3) is 8.75. The first-order valence-corrected chi connectivity index (χ1v) is 9.49. The fourth-order valence-electron chi connectivity index (χ4n) is 2.33. The Morgan fingerprint density at radius 3 is 2.14 bits per heavy atom. The van der Waals surface area contributed by atoms with E-state index in [2.05, 4.69) is 13.2 Å². The van der Waals surface area contributed by atoms with E-state index in [1.165, 1.54) is 10.0 Å². The minimum Gasteiger partial charge on any atom is -0.443 e. The number of hydrazine groups is 1. The van der Waals surface area contributed by atoms with Crippen LogP contribution in [0.4, 0.5) is 9.59 Å². The van der Waals surface area contributed by atoms with E-state index in [0.29, 0.717) is 25.8 Å². The number of amides is 2. The predicted molar refractivity (Wildman–Crippen MR) is 111 cm³/mol. The molecule has 0 N–H and O–H groups in total. The normalized spacial score (nSPS) is 10.7. The highest BCUT2D eigenvalue weighted by Crippen LogP contribution is 2.15. The molecule has 0 heterocycles. The molecule has 0 spiro atoms. The van der Waals surface area contributed by atoms with Gasteiger partial charge in [0.25, 0.3) is 0 Å². The molecule has 0 aliphatic rings. The van der Waals surface area contributed by atoms with E-state index in [1.807, 2.05) is 30.3 Å². The molecule has 1 aromatic rings. The number of nitrogens with zero attached hydrogens (tertiary/aromatic N) is 2. The molecular weight excluding hydrogens is 356 g/mol. The van der Waals surface area contributed by atoms with Gasteiger partial charge in [-0.25, -0.2) is 19.6 Å². The molecule has 154 valence electrons. The van der Waals surface area contributed by atoms with Crippen molar-refractivity contribution in [1.29, 1.82) is 0 Å². The number of carbonyl (C=O) groups excluding carboxylic acids is 2. The van der Waals surface area contributed by atoms with Gasteiger partial charge in [0.15, 0.2) is 0 Å². The second kappa shape index (κ2) is 11.8. The van der Waals surface area contributed by atoms with E-state index in [1.54, 1.807) is 32.9 Å². The number of benzene rings is 1. The fraction of sp³-hybridized carbons (Fsp3) is 0.455. The zero-order chi connectivity index (χ0) is 21.0. The smallest absolute Gasteiger partial charge is 0.429 e. The van der Waals surface area contributed by atoms with Crippen molar-refractivity contribution < 1.29 is 19.1 Å². The number of carbonyl (C=O) groups is 2. The Kier molecular flexibility index (Phi) is 9.85. The van der Waals surface area contributed by atoms with Crippen molar-refractivity contribution >= 4 is 12.2 Å². The van der Waals surface area contributed by atoms with E-state index in [-0.39, 0.29) is 13.2 Å². The molecule has 0 atom stereocenters. The maximum Gasteiger partial charge on any atom is 0.429 e. The predicted octanol–water partition coefficient (Wildman–Crippen LogP) is 5.32. The van der Waals surface area contributed by atoms with Gasteiger partial charge in [-0.05, 0) is 45.6 Å². The van der Waals surface area contributed by atoms with Crippen LogP contribution in [-0.4, -0.2) is 40.9 Å². The standard InChI is InChI=1S/C22H32N2O4/c1-6-8-13-17-23(20(25)27-18-19-14-11-10-12-15-19)24(16-9-7-2)21(26)28-22(3,4)5/h6-7,10-12,14-15H,1-2,8-9,13,16-18H2,3-5H3. The first-order valence-electron chi connectivity index (χ1n) is 9.49. The van der Waals surface area contributed by atoms with Crippen molar-refractivity contribution in [3.8, 4) is 0 Å². The van der Waals surface area contributed by atoms with Crippen LogP contribution in [0, 0.1) is 0 Å². The second-order valence-electron chi connectivity index (χ2n) is 7.28. The van der Waals surface area contributed by atoms with Crippen molar-refractivity contribution in [2.24, 2.45) is 0 Å². The Balaban J connectivity index is 2.95. The van der Waals surface area contributed by atoms with Crippen LogP contribution in [0.25, 0.3) is 0 Å². The molecular formula is C22H32N2O4. The van der Waals surface area contributed by atoms with Crippen LogP contribution < -0.4 is 0 Å². The summed E-state index contributed by atoms with van der Waals surface area (Å²) in [7, 11) is 0. The lowest BCUT2D eigenvalue weighted by atomic mass is 10.2. The molecule has 0 radical (unpaired) electrons. The molecule has 0 aliphatic carbocycles. The third-order valence-corrected chi connectivity index (χ3v) is 3.63. The molecule has 28 heavy (non-hydrogen) atoms. The number of allylic oxidation sites excluding steroid dienone is 1. The van der Waals surface area contributed by atoms with Crippen molar-refractivity contribution in [3.63, 3.8) is 0 Å². The largest absolute Gasteiger partial charge is 0.443 e. The van der Waals surface area contributed by atoms with E-state index in [4.69, 9.17) is 9.47 Å². The average Bonchev–Trinajstić information content (AvgIpc) is 2.64. The van der Waals surface area contributed by atoms with Crippen LogP contribution in [0.5, 0.6) is 0 Å². The van der Waals surface area contributed by atoms with Gasteiger partial charge in [0.2, 0.25) is 0 Å². The first kappa shape index (κ1) is 23.3. The number of rotatable bonds is 9. The number of unbranched alkanes of at least 4 members (excludes halogenated alkanes) is 1. The van der Waals surface area contributed by atoms with Gasteiger partial charge in [0.1, 0.15) is 12.2 Å². The van der Waals surface area contributed by atoms with Crippen LogP contribution in [0.15, 0.2) is 55.6 Å². The average molecular weight is 389 g/mol. The molecule has 6 nitrogen and oxygen atoms in total. The maximum absolute atomic E-state index is 12.8. The highest BCUT2D eigenvalue weighted by Gasteiger charge is 2.30. The minimum atomic E-state index is -0.676. The quantitative estimate of drug-likeness (QED) is 0.326. The molecule has 0 aromatic heterocycles. The molecule has 6 heteroatoms. The van der Waals surface area contributed by atoms with Gasteiger partial charge in [-0.15, -0.1) is 13.2 Å². The van der Waals surface area contributed by atoms with Crippen molar-refractivity contribution in [2.75, 3.05) is 13.1 Å². The van der Waals surface area contributed by atoms with Crippen molar-refractivity contribution in [1.82, 2.24) is 10.0 Å². The van der Waals surface area contributed by atoms with Crippen LogP contribution in [0.2, 0.25) is 0 Å². The van der Waals surface area contributed by atoms with Gasteiger partial charge in [-0.1, -0.05) is 42.5 Å². The Morgan fingerprint density at radius 1 is 0.964 bits per heavy atom. The Hall–Kier alpha value is -2.76. The SMILES string of the molecule is C=CCCCN(C(=O)OCc1ccccc1)N(CCC=C)C(=O)OC(C)(C)C. The molecule has 0 saturated carbocycles. The van der Waals surface area contributed by atoms with Crippen LogP contribution in [-0.2, 0) is 16.1 Å². The molecule has 1 rings (SSSR count). The van der Waals surface area contributed by atoms with Gasteiger partial charge < -0.3 is 9.47 Å². The lowest BCUT2D eigenvalue weighted by Gasteiger charge is -2.35. The van der Waals surface area contributed by atoms with E-state index >= 15 is 0 Å². The lowest BCUT2D eigenvalue weighted by Crippen LogP contribution is -2.52. The molecule has 0 fully saturated rings. The molecule has 1 aromatic carbocycles. The molecule has 0 aliphatic heterocycles. The summed E-state index contributed by atoms with van der Waals surface area (Å²) in [5, 5.41) is 2.60. The molecule has 2 amide bonds. The van der Waals surface area contributed by atoms with E-state index in [9.17, 15) is 9.59 Å². The number of hydrogen-bond donors (Lipinski definition) is 0. The van der Waals surface area contributed by atoms with Gasteiger partial charge in [-0.3, -0.25) is 0 Å². The van der Waals surface area contributed by atoms with E-state index < -0.39 is 17.8 Å². The van der Waals surface area contributed by atoms with Gasteiger partial charge >= 0.3 is 12.2 Å². The fourth-order valence-corrected chi connectivity index (χ4v) is 2.33. The summed E-state index contributed by atoms with van der Waals surface area (Å²) < 4.78 is 10.9. The van der Waals surface area contributed by atoms with Gasteiger partial charge in [0, 0.05) is 13.1 Å². The summed E-state index contributed by atoms with van der Waals surface area (Å²) in [5.74, 6) is 0. The monoisotopic (exact) mass is 388 g/mol. The van der Waals surface area contributed by atoms with Crippen molar-refractivity contribution in [2.45, 2.75) is 52.2 Å². The van der Waals surface area contributed by atoms with Gasteiger partial charge in [0.05, 0.1) is 0 Å².